The van der Waals surface area contributed by atoms with Crippen LogP contribution in [-0.4, -0.2) is 48.4 Å². The molecule has 1 spiro atoms. The fraction of sp³-hybridized carbons (Fsp3) is 0.903. The van der Waals surface area contributed by atoms with Gasteiger partial charge in [0.1, 0.15) is 6.10 Å². The van der Waals surface area contributed by atoms with Crippen LogP contribution in [0.15, 0.2) is 0 Å². The summed E-state index contributed by atoms with van der Waals surface area (Å²) in [5.74, 6) is 0.386. The number of Topliss-reactive ketones (excluding diaryl/α,β-unsaturated/α-hetero) is 1. The maximum absolute atomic E-state index is 14.6. The highest BCUT2D eigenvalue weighted by Gasteiger charge is 2.74. The Hall–Kier alpha value is -1.47. The number of hydrogen-bond acceptors (Lipinski definition) is 7. The van der Waals surface area contributed by atoms with Gasteiger partial charge in [-0.1, -0.05) is 27.7 Å². The highest BCUT2D eigenvalue weighted by molar-refractivity contribution is 5.90. The lowest BCUT2D eigenvalue weighted by molar-refractivity contribution is -0.273. The van der Waals surface area contributed by atoms with Gasteiger partial charge < -0.3 is 18.9 Å². The summed E-state index contributed by atoms with van der Waals surface area (Å²) in [5.41, 5.74) is -0.646. The molecule has 6 aliphatic rings. The molecule has 0 N–H and O–H groups in total. The van der Waals surface area contributed by atoms with E-state index >= 15 is 0 Å². The summed E-state index contributed by atoms with van der Waals surface area (Å²) >= 11 is 0. The van der Waals surface area contributed by atoms with E-state index in [1.165, 1.54) is 13.8 Å². The number of fused-ring (bicyclic) bond motifs is 7. The van der Waals surface area contributed by atoms with Crippen molar-refractivity contribution in [3.8, 4) is 0 Å². The zero-order valence-corrected chi connectivity index (χ0v) is 24.0. The fourth-order valence-corrected chi connectivity index (χ4v) is 10.7. The second kappa shape index (κ2) is 9.02. The van der Waals surface area contributed by atoms with Gasteiger partial charge >= 0.3 is 11.9 Å². The number of hydrogen-bond donors (Lipinski definition) is 0. The Morgan fingerprint density at radius 2 is 1.68 bits per heavy atom. The molecule has 0 aromatic rings. The Morgan fingerprint density at radius 1 is 0.947 bits per heavy atom. The first-order valence-corrected chi connectivity index (χ1v) is 15.1. The Morgan fingerprint density at radius 3 is 2.34 bits per heavy atom. The first kappa shape index (κ1) is 26.7. The normalized spacial score (nSPS) is 53.5. The standard InChI is InChI=1S/C31H46O7/c1-16-9-12-31(35-15-16)17(2)25-24(38-31)14-23-22-8-7-20-13-21(36-18(3)32)10-11-29(20,5)26(22)27(34)28(30(23,25)6)37-19(4)33/h16-17,20-26,28H,7-15H2,1-6H3/t16-,17-,20-,21-,22+,23+,24-,25-,26-,28+,29-,30-,31+/m0/s1. The molecule has 6 rings (SSSR count). The van der Waals surface area contributed by atoms with Crippen molar-refractivity contribution < 1.29 is 33.3 Å². The van der Waals surface area contributed by atoms with Crippen LogP contribution in [-0.2, 0) is 33.3 Å². The Labute approximate surface area is 227 Å². The molecule has 4 aliphatic carbocycles. The number of rotatable bonds is 2. The van der Waals surface area contributed by atoms with Crippen molar-refractivity contribution in [2.24, 2.45) is 52.3 Å². The lowest BCUT2D eigenvalue weighted by atomic mass is 9.43. The molecule has 38 heavy (non-hydrogen) atoms. The molecule has 4 saturated carbocycles. The summed E-state index contributed by atoms with van der Waals surface area (Å²) in [6.07, 6.45) is 6.54. The largest absolute Gasteiger partial charge is 0.463 e. The van der Waals surface area contributed by atoms with Crippen molar-refractivity contribution in [3.05, 3.63) is 0 Å². The van der Waals surface area contributed by atoms with Gasteiger partial charge in [-0.25, -0.2) is 0 Å². The Kier molecular flexibility index (Phi) is 6.35. The minimum atomic E-state index is -0.758. The monoisotopic (exact) mass is 530 g/mol. The Bertz CT molecular complexity index is 1000. The molecular weight excluding hydrogens is 484 g/mol. The van der Waals surface area contributed by atoms with Crippen molar-refractivity contribution in [1.82, 2.24) is 0 Å². The second-order valence-corrected chi connectivity index (χ2v) is 14.3. The third-order valence-corrected chi connectivity index (χ3v) is 12.3. The van der Waals surface area contributed by atoms with Crippen LogP contribution in [0.4, 0.5) is 0 Å². The molecule has 2 heterocycles. The molecule has 0 aromatic heterocycles. The van der Waals surface area contributed by atoms with Gasteiger partial charge in [0.05, 0.1) is 12.7 Å². The predicted octanol–water partition coefficient (Wildman–Crippen LogP) is 5.09. The molecular formula is C31H46O7. The van der Waals surface area contributed by atoms with E-state index in [0.717, 1.165) is 51.4 Å². The van der Waals surface area contributed by atoms with Crippen LogP contribution in [0.2, 0.25) is 0 Å². The van der Waals surface area contributed by atoms with Crippen molar-refractivity contribution >= 4 is 17.7 Å². The summed E-state index contributed by atoms with van der Waals surface area (Å²) in [6, 6.07) is 0. The van der Waals surface area contributed by atoms with Crippen molar-refractivity contribution in [2.75, 3.05) is 6.61 Å². The second-order valence-electron chi connectivity index (χ2n) is 14.3. The molecule has 0 aromatic carbocycles. The van der Waals surface area contributed by atoms with Gasteiger partial charge in [-0.3, -0.25) is 14.4 Å². The lowest BCUT2D eigenvalue weighted by Crippen LogP contribution is -2.65. The van der Waals surface area contributed by atoms with Crippen LogP contribution in [0.3, 0.4) is 0 Å². The molecule has 0 bridgehead atoms. The maximum Gasteiger partial charge on any atom is 0.303 e. The van der Waals surface area contributed by atoms with Gasteiger partial charge in [0.25, 0.3) is 0 Å². The zero-order chi connectivity index (χ0) is 27.2. The summed E-state index contributed by atoms with van der Waals surface area (Å²) in [5, 5.41) is 0. The van der Waals surface area contributed by atoms with E-state index in [2.05, 4.69) is 27.7 Å². The number of carbonyl (C=O) groups excluding carboxylic acids is 3. The third-order valence-electron chi connectivity index (χ3n) is 12.3. The smallest absolute Gasteiger partial charge is 0.303 e. The average molecular weight is 531 g/mol. The summed E-state index contributed by atoms with van der Waals surface area (Å²) in [7, 11) is 0. The third kappa shape index (κ3) is 3.69. The molecule has 2 aliphatic heterocycles. The Balaban J connectivity index is 1.34. The van der Waals surface area contributed by atoms with E-state index in [-0.39, 0.29) is 64.9 Å². The molecule has 7 heteroatoms. The summed E-state index contributed by atoms with van der Waals surface area (Å²) in [6.45, 7) is 12.6. The van der Waals surface area contributed by atoms with E-state index in [9.17, 15) is 14.4 Å². The van der Waals surface area contributed by atoms with E-state index < -0.39 is 17.3 Å². The van der Waals surface area contributed by atoms with Gasteiger partial charge in [0, 0.05) is 43.4 Å². The number of esters is 2. The van der Waals surface area contributed by atoms with Crippen molar-refractivity contribution in [3.63, 3.8) is 0 Å². The molecule has 7 nitrogen and oxygen atoms in total. The first-order valence-electron chi connectivity index (χ1n) is 15.1. The quantitative estimate of drug-likeness (QED) is 0.460. The van der Waals surface area contributed by atoms with E-state index in [1.54, 1.807) is 0 Å². The van der Waals surface area contributed by atoms with Crippen molar-refractivity contribution in [1.29, 1.82) is 0 Å². The molecule has 0 amide bonds. The highest BCUT2D eigenvalue weighted by Crippen LogP contribution is 2.71. The number of ether oxygens (including phenoxy) is 4. The van der Waals surface area contributed by atoms with Gasteiger partial charge in [-0.15, -0.1) is 0 Å². The van der Waals surface area contributed by atoms with Crippen LogP contribution < -0.4 is 0 Å². The minimum Gasteiger partial charge on any atom is -0.463 e. The maximum atomic E-state index is 14.6. The molecule has 0 unspecified atom stereocenters. The first-order chi connectivity index (χ1) is 17.9. The van der Waals surface area contributed by atoms with Gasteiger partial charge in [0.15, 0.2) is 17.7 Å². The van der Waals surface area contributed by atoms with Gasteiger partial charge in [-0.2, -0.15) is 0 Å². The van der Waals surface area contributed by atoms with Gasteiger partial charge in [0.2, 0.25) is 0 Å². The van der Waals surface area contributed by atoms with Gasteiger partial charge in [-0.05, 0) is 74.0 Å². The SMILES string of the molecule is CC(=O)O[C@H]1CC[C@@]2(C)[C@@H](CC[C@H]3[C@H]2C(=O)[C@@H](OC(C)=O)[C@]2(C)[C@@H]4[C@H](C[C@H]32)O[C@]2(CC[C@H](C)CO2)[C@H]4C)C1. The van der Waals surface area contributed by atoms with Crippen LogP contribution in [0.1, 0.15) is 92.9 Å². The van der Waals surface area contributed by atoms with Crippen LogP contribution >= 0.6 is 0 Å². The van der Waals surface area contributed by atoms with Crippen LogP contribution in [0.5, 0.6) is 0 Å². The molecule has 2 saturated heterocycles. The van der Waals surface area contributed by atoms with Crippen LogP contribution in [0, 0.1) is 52.3 Å². The molecule has 212 valence electrons. The summed E-state index contributed by atoms with van der Waals surface area (Å²) < 4.78 is 25.0. The highest BCUT2D eigenvalue weighted by atomic mass is 16.7. The predicted molar refractivity (Wildman–Crippen MR) is 139 cm³/mol. The molecule has 0 radical (unpaired) electrons. The minimum absolute atomic E-state index is 0.0169. The zero-order valence-electron chi connectivity index (χ0n) is 24.0. The fourth-order valence-electron chi connectivity index (χ4n) is 10.7. The lowest BCUT2D eigenvalue weighted by Gasteiger charge is -2.61. The van der Waals surface area contributed by atoms with Crippen molar-refractivity contribution in [2.45, 2.75) is 117 Å². The van der Waals surface area contributed by atoms with E-state index in [0.29, 0.717) is 18.4 Å². The number of ketones is 1. The summed E-state index contributed by atoms with van der Waals surface area (Å²) in [4.78, 5) is 38.8. The van der Waals surface area contributed by atoms with E-state index in [4.69, 9.17) is 18.9 Å². The number of carbonyl (C=O) groups is 3. The molecule has 6 fully saturated rings. The molecule has 13 atom stereocenters. The average Bonchev–Trinajstić information content (AvgIpc) is 3.29. The van der Waals surface area contributed by atoms with E-state index in [1.807, 2.05) is 0 Å². The topological polar surface area (TPSA) is 88.1 Å². The van der Waals surface area contributed by atoms with Crippen LogP contribution in [0.25, 0.3) is 0 Å².